The maximum Gasteiger partial charge on any atom is 0.259 e. The van der Waals surface area contributed by atoms with Crippen LogP contribution in [0.25, 0.3) is 5.57 Å². The molecule has 4 heteroatoms. The lowest BCUT2D eigenvalue weighted by atomic mass is 10.1. The lowest BCUT2D eigenvalue weighted by Crippen LogP contribution is -2.04. The van der Waals surface area contributed by atoms with Gasteiger partial charge in [-0.2, -0.15) is 0 Å². The zero-order chi connectivity index (χ0) is 10.8. The molecule has 0 spiro atoms. The summed E-state index contributed by atoms with van der Waals surface area (Å²) in [6, 6.07) is 5.27. The third-order valence-corrected chi connectivity index (χ3v) is 2.37. The summed E-state index contributed by atoms with van der Waals surface area (Å²) < 4.78 is 5.12. The Morgan fingerprint density at radius 3 is 3.07 bits per heavy atom. The van der Waals surface area contributed by atoms with Crippen LogP contribution in [-0.4, -0.2) is 12.5 Å². The minimum Gasteiger partial charge on any atom is -0.501 e. The number of anilines is 1. The zero-order valence-electron chi connectivity index (χ0n) is 8.21. The number of amides is 1. The number of carbonyl (C=O) groups is 1. The van der Waals surface area contributed by atoms with Gasteiger partial charge in [-0.3, -0.25) is 4.79 Å². The molecule has 1 N–H and O–H groups in total. The van der Waals surface area contributed by atoms with E-state index in [1.165, 1.54) is 6.26 Å². The van der Waals surface area contributed by atoms with Gasteiger partial charge in [-0.25, -0.2) is 0 Å². The zero-order valence-corrected chi connectivity index (χ0v) is 8.97. The lowest BCUT2D eigenvalue weighted by Gasteiger charge is -1.99. The number of ether oxygens (including phenoxy) is 1. The molecule has 0 atom stereocenters. The largest absolute Gasteiger partial charge is 0.501 e. The van der Waals surface area contributed by atoms with E-state index in [-0.39, 0.29) is 5.91 Å². The van der Waals surface area contributed by atoms with Gasteiger partial charge in [0.05, 0.1) is 18.4 Å². The van der Waals surface area contributed by atoms with Crippen LogP contribution >= 0.6 is 11.6 Å². The van der Waals surface area contributed by atoms with E-state index in [2.05, 4.69) is 5.32 Å². The van der Waals surface area contributed by atoms with Crippen LogP contribution < -0.4 is 5.32 Å². The van der Waals surface area contributed by atoms with Crippen LogP contribution in [0.15, 0.2) is 24.5 Å². The number of benzene rings is 1. The number of carbonyl (C=O) groups excluding carboxylic acids is 1. The second-order valence-corrected chi connectivity index (χ2v) is 3.57. The van der Waals surface area contributed by atoms with Gasteiger partial charge >= 0.3 is 0 Å². The molecule has 0 unspecified atom stereocenters. The molecule has 0 aromatic heterocycles. The Balaban J connectivity index is 2.44. The molecule has 1 aromatic rings. The summed E-state index contributed by atoms with van der Waals surface area (Å²) in [5.74, 6) is -0.152. The molecule has 1 aromatic carbocycles. The third kappa shape index (κ3) is 1.83. The Labute approximate surface area is 92.7 Å². The van der Waals surface area contributed by atoms with Gasteiger partial charge in [-0.1, -0.05) is 11.6 Å². The molecule has 0 saturated carbocycles. The molecule has 1 amide bonds. The van der Waals surface area contributed by atoms with Crippen molar-refractivity contribution in [2.45, 2.75) is 6.92 Å². The first-order valence-corrected chi connectivity index (χ1v) is 5.03. The summed E-state index contributed by atoms with van der Waals surface area (Å²) in [7, 11) is 0. The standard InChI is InChI=1S/C11H10ClNO2/c1-2-15-6-9-8-5-7(12)3-4-10(8)13-11(9)14/h3-6H,2H2,1H3,(H,13,14)/b9-6-. The molecule has 0 fully saturated rings. The Hall–Kier alpha value is -1.48. The summed E-state index contributed by atoms with van der Waals surface area (Å²) in [6.07, 6.45) is 1.47. The first-order chi connectivity index (χ1) is 7.22. The molecule has 1 aliphatic heterocycles. The topological polar surface area (TPSA) is 38.3 Å². The van der Waals surface area contributed by atoms with Gasteiger partial charge in [-0.15, -0.1) is 0 Å². The second-order valence-electron chi connectivity index (χ2n) is 3.13. The van der Waals surface area contributed by atoms with Crippen molar-refractivity contribution < 1.29 is 9.53 Å². The lowest BCUT2D eigenvalue weighted by molar-refractivity contribution is -0.110. The Kier molecular flexibility index (Phi) is 2.64. The monoisotopic (exact) mass is 223 g/mol. The summed E-state index contributed by atoms with van der Waals surface area (Å²) in [6.45, 7) is 2.40. The molecule has 15 heavy (non-hydrogen) atoms. The van der Waals surface area contributed by atoms with Crippen LogP contribution in [-0.2, 0) is 9.53 Å². The van der Waals surface area contributed by atoms with Crippen molar-refractivity contribution in [3.8, 4) is 0 Å². The summed E-state index contributed by atoms with van der Waals surface area (Å²) >= 11 is 5.86. The Morgan fingerprint density at radius 1 is 1.53 bits per heavy atom. The SMILES string of the molecule is CCO/C=C1\C(=O)Nc2ccc(Cl)cc21. The normalized spacial score (nSPS) is 16.4. The minimum atomic E-state index is -0.152. The van der Waals surface area contributed by atoms with Crippen LogP contribution in [0.3, 0.4) is 0 Å². The van der Waals surface area contributed by atoms with E-state index in [4.69, 9.17) is 16.3 Å². The molecule has 0 bridgehead atoms. The van der Waals surface area contributed by atoms with Gasteiger partial charge in [0.25, 0.3) is 5.91 Å². The van der Waals surface area contributed by atoms with Crippen molar-refractivity contribution in [2.75, 3.05) is 11.9 Å². The maximum atomic E-state index is 11.5. The first kappa shape index (κ1) is 10.1. The summed E-state index contributed by atoms with van der Waals surface area (Å²) in [4.78, 5) is 11.5. The highest BCUT2D eigenvalue weighted by Gasteiger charge is 2.24. The van der Waals surface area contributed by atoms with Gasteiger partial charge in [-0.05, 0) is 25.1 Å². The quantitative estimate of drug-likeness (QED) is 0.618. The predicted octanol–water partition coefficient (Wildman–Crippen LogP) is 2.67. The predicted molar refractivity (Wildman–Crippen MR) is 59.7 cm³/mol. The number of nitrogens with one attached hydrogen (secondary N) is 1. The summed E-state index contributed by atoms with van der Waals surface area (Å²) in [5, 5.41) is 3.34. The number of rotatable bonds is 2. The molecule has 3 nitrogen and oxygen atoms in total. The van der Waals surface area contributed by atoms with Crippen molar-refractivity contribution in [1.82, 2.24) is 0 Å². The number of hydrogen-bond donors (Lipinski definition) is 1. The average Bonchev–Trinajstić information content (AvgIpc) is 2.51. The van der Waals surface area contributed by atoms with Gasteiger partial charge in [0.15, 0.2) is 0 Å². The van der Waals surface area contributed by atoms with Gasteiger partial charge in [0, 0.05) is 16.3 Å². The van der Waals surface area contributed by atoms with Crippen molar-refractivity contribution >= 4 is 28.8 Å². The van der Waals surface area contributed by atoms with E-state index in [1.54, 1.807) is 18.2 Å². The highest BCUT2D eigenvalue weighted by molar-refractivity contribution is 6.34. The third-order valence-electron chi connectivity index (χ3n) is 2.13. The van der Waals surface area contributed by atoms with E-state index in [1.807, 2.05) is 6.92 Å². The average molecular weight is 224 g/mol. The van der Waals surface area contributed by atoms with Gasteiger partial charge < -0.3 is 10.1 Å². The van der Waals surface area contributed by atoms with Crippen LogP contribution in [0, 0.1) is 0 Å². The second kappa shape index (κ2) is 3.95. The molecule has 0 aliphatic carbocycles. The van der Waals surface area contributed by atoms with E-state index >= 15 is 0 Å². The van der Waals surface area contributed by atoms with Crippen molar-refractivity contribution in [3.63, 3.8) is 0 Å². The molecule has 1 heterocycles. The fraction of sp³-hybridized carbons (Fsp3) is 0.182. The molecule has 1 aliphatic rings. The molecular formula is C11H10ClNO2. The fourth-order valence-corrected chi connectivity index (χ4v) is 1.62. The molecule has 2 rings (SSSR count). The molecule has 0 radical (unpaired) electrons. The first-order valence-electron chi connectivity index (χ1n) is 4.65. The Morgan fingerprint density at radius 2 is 2.33 bits per heavy atom. The van der Waals surface area contributed by atoms with Gasteiger partial charge in [0.1, 0.15) is 0 Å². The highest BCUT2D eigenvalue weighted by Crippen LogP contribution is 2.33. The van der Waals surface area contributed by atoms with Crippen LogP contribution in [0.4, 0.5) is 5.69 Å². The van der Waals surface area contributed by atoms with Crippen LogP contribution in [0.2, 0.25) is 5.02 Å². The highest BCUT2D eigenvalue weighted by atomic mass is 35.5. The number of halogens is 1. The molecule has 78 valence electrons. The summed E-state index contributed by atoms with van der Waals surface area (Å²) in [5.41, 5.74) is 2.09. The fourth-order valence-electron chi connectivity index (χ4n) is 1.44. The van der Waals surface area contributed by atoms with Crippen LogP contribution in [0.1, 0.15) is 12.5 Å². The minimum absolute atomic E-state index is 0.152. The molecule has 0 saturated heterocycles. The van der Waals surface area contributed by atoms with Crippen molar-refractivity contribution in [2.24, 2.45) is 0 Å². The number of fused-ring (bicyclic) bond motifs is 1. The Bertz CT molecular complexity index is 440. The van der Waals surface area contributed by atoms with Gasteiger partial charge in [0.2, 0.25) is 0 Å². The van der Waals surface area contributed by atoms with E-state index in [0.717, 1.165) is 11.3 Å². The van der Waals surface area contributed by atoms with Crippen LogP contribution in [0.5, 0.6) is 0 Å². The van der Waals surface area contributed by atoms with Crippen molar-refractivity contribution in [3.05, 3.63) is 35.0 Å². The van der Waals surface area contributed by atoms with E-state index in [0.29, 0.717) is 17.2 Å². The molecular weight excluding hydrogens is 214 g/mol. The number of hydrogen-bond acceptors (Lipinski definition) is 2. The maximum absolute atomic E-state index is 11.5. The van der Waals surface area contributed by atoms with E-state index < -0.39 is 0 Å². The smallest absolute Gasteiger partial charge is 0.259 e. The van der Waals surface area contributed by atoms with E-state index in [9.17, 15) is 4.79 Å². The van der Waals surface area contributed by atoms with Crippen molar-refractivity contribution in [1.29, 1.82) is 0 Å².